The first kappa shape index (κ1) is 81.1. The number of hydrogen-bond acceptors (Lipinski definition) is 32. The maximum absolute atomic E-state index is 12.4. The van der Waals surface area contributed by atoms with E-state index in [1.807, 2.05) is 48.5 Å². The predicted molar refractivity (Wildman–Crippen MR) is 442 cm³/mol. The van der Waals surface area contributed by atoms with Gasteiger partial charge in [-0.2, -0.15) is 25.5 Å². The zero-order valence-electron chi connectivity index (χ0n) is 62.4. The summed E-state index contributed by atoms with van der Waals surface area (Å²) < 4.78 is 32.5. The Morgan fingerprint density at radius 2 is 0.790 bits per heavy atom. The lowest BCUT2D eigenvalue weighted by Gasteiger charge is -1.98. The van der Waals surface area contributed by atoms with Crippen LogP contribution >= 0.6 is 68.5 Å². The van der Waals surface area contributed by atoms with Crippen molar-refractivity contribution in [2.75, 3.05) is 54.5 Å². The van der Waals surface area contributed by atoms with Crippen LogP contribution < -0.4 is 27.0 Å². The molecule has 18 aromatic rings. The van der Waals surface area contributed by atoms with Gasteiger partial charge in [-0.05, 0) is 122 Å². The number of carbonyl (C=O) groups is 6. The van der Waals surface area contributed by atoms with Gasteiger partial charge < -0.3 is 41.6 Å². The molecule has 0 spiro atoms. The van der Waals surface area contributed by atoms with Gasteiger partial charge in [0.25, 0.3) is 23.6 Å². The van der Waals surface area contributed by atoms with Crippen molar-refractivity contribution in [3.05, 3.63) is 261 Å². The molecule has 19 rings (SSSR count). The van der Waals surface area contributed by atoms with Crippen LogP contribution in [-0.4, -0.2) is 181 Å². The summed E-state index contributed by atoms with van der Waals surface area (Å²) in [6, 6.07) is 31.2. The molecule has 0 atom stereocenters. The van der Waals surface area contributed by atoms with Crippen LogP contribution in [0, 0.1) is 0 Å². The molecule has 0 bridgehead atoms. The van der Waals surface area contributed by atoms with Gasteiger partial charge in [-0.3, -0.25) is 48.3 Å². The first-order chi connectivity index (χ1) is 58.4. The number of alkyl halides is 1. The van der Waals surface area contributed by atoms with Gasteiger partial charge in [-0.25, -0.2) is 72.2 Å². The highest BCUT2D eigenvalue weighted by Gasteiger charge is 2.20. The summed E-state index contributed by atoms with van der Waals surface area (Å²) in [4.78, 5) is 126. The van der Waals surface area contributed by atoms with E-state index in [0.717, 1.165) is 55.5 Å². The molecule has 598 valence electrons. The lowest BCUT2D eigenvalue weighted by atomic mass is 10.3. The third-order valence-electron chi connectivity index (χ3n) is 15.8. The Bertz CT molecular complexity index is 6570. The SMILES string of the molecule is C1CCOC1.COC(=O)c1ccc2nc(NC(=O)c3csc(-c4ccncc4)n3)cn2n1.Nc1cn2nc(Cl)ccc2n1.O=C(Nc1cn2nc(CO)ccc2n1)c1csc(-c2ccncc2)n1.O=C(Nc1cn2nc(Cl)ccc2n1)c1csc(-c2ccncc2)n1.O=Cc1ccc2nc(NC(=O)c3csc(-c4ccncc4)n3)cn2n1.[2H]CF. The summed E-state index contributed by atoms with van der Waals surface area (Å²) in [6.07, 6.45) is 24.5. The van der Waals surface area contributed by atoms with Gasteiger partial charge in [0.15, 0.2) is 63.5 Å². The molecule has 1 aliphatic heterocycles. The lowest BCUT2D eigenvalue weighted by molar-refractivity contribution is 0.0591. The first-order valence-electron chi connectivity index (χ1n) is 35.3. The van der Waals surface area contributed by atoms with E-state index in [2.05, 4.69) is 116 Å². The zero-order valence-corrected chi connectivity index (χ0v) is 66.1. The standard InChI is InChI=1S/C17H12N6O3S.C16H12N6O2S.C16H10N6O2S.C15H9ClN6OS.C6H5ClN4.C4H8O.CH3F/c1-26-17(25)11-2-3-14-20-13(8-23(14)22-11)21-15(24)12-9-27-16(19-12)10-4-6-18-7-5-10;2*23-8-11-1-2-14-19-13(7-22(14)21-11)20-15(24)12-9-25-16(18-12)10-3-5-17-6-4-10;16-11-1-2-13-19-12(7-22(13)21-11)20-14(23)10-8-24-15(18-10)9-3-5-17-6-4-9;7-4-1-2-6-9-5(8)3-11(6)10-4;1-2-4-5-3-1;1-2/h2-9H,1H3,(H,21,24);1-7,9,23H,8H2,(H,20,24);1-9H,(H,20,24);1-8H,(H,20,23);1-3H,8H2;1-4H2;1H3/i;;;;;;1D. The number of rotatable bonds is 15. The highest BCUT2D eigenvalue weighted by molar-refractivity contribution is 7.14. The van der Waals surface area contributed by atoms with Crippen LogP contribution in [0.1, 0.15) is 82.8 Å². The number of methoxy groups -OCH3 is 1. The Morgan fingerprint density at radius 3 is 1.14 bits per heavy atom. The van der Waals surface area contributed by atoms with Crippen molar-refractivity contribution < 1.29 is 49.1 Å². The topological polar surface area (TPSA) is 469 Å². The summed E-state index contributed by atoms with van der Waals surface area (Å²) in [5.41, 5.74) is 14.1. The molecular formula is C75H59Cl2FN28O9S4. The molecule has 119 heavy (non-hydrogen) atoms. The number of nitrogens with two attached hydrogens (primary N) is 1. The average Bonchev–Trinajstić information content (AvgIpc) is 1.68. The molecule has 37 nitrogen and oxygen atoms in total. The second kappa shape index (κ2) is 39.7. The number of nitrogen functional groups attached to an aromatic ring is 1. The lowest BCUT2D eigenvalue weighted by Crippen LogP contribution is -2.12. The summed E-state index contributed by atoms with van der Waals surface area (Å²) >= 11 is 17.0. The third-order valence-corrected chi connectivity index (χ3v) is 19.7. The highest BCUT2D eigenvalue weighted by atomic mass is 35.5. The number of esters is 1. The van der Waals surface area contributed by atoms with Crippen LogP contribution in [0.3, 0.4) is 0 Å². The molecule has 7 N–H and O–H groups in total. The summed E-state index contributed by atoms with van der Waals surface area (Å²) in [5.74, 6) is -0.157. The van der Waals surface area contributed by atoms with Gasteiger partial charge in [0.05, 0.1) is 58.9 Å². The number of aldehydes is 1. The predicted octanol–water partition coefficient (Wildman–Crippen LogP) is 12.1. The molecule has 1 fully saturated rings. The fourth-order valence-corrected chi connectivity index (χ4v) is 13.8. The van der Waals surface area contributed by atoms with Gasteiger partial charge in [0.1, 0.15) is 64.6 Å². The van der Waals surface area contributed by atoms with Crippen LogP contribution in [0.2, 0.25) is 10.3 Å². The minimum absolute atomic E-state index is 0.141. The number of ether oxygens (including phenoxy) is 2. The Balaban J connectivity index is 0.000000129. The van der Waals surface area contributed by atoms with Crippen LogP contribution in [0.4, 0.5) is 33.5 Å². The Labute approximate surface area is 697 Å². The number of pyridine rings is 4. The molecule has 0 saturated carbocycles. The maximum Gasteiger partial charge on any atom is 0.358 e. The summed E-state index contributed by atoms with van der Waals surface area (Å²) in [6.45, 7) is 1.84. The third kappa shape index (κ3) is 21.7. The van der Waals surface area contributed by atoms with Crippen molar-refractivity contribution in [2.24, 2.45) is 0 Å². The molecule has 4 amide bonds. The molecule has 44 heteroatoms. The Morgan fingerprint density at radius 1 is 0.462 bits per heavy atom. The van der Waals surface area contributed by atoms with Crippen LogP contribution in [-0.2, 0) is 16.1 Å². The fourth-order valence-electron chi connectivity index (χ4n) is 10.3. The monoisotopic (exact) mass is 1710 g/mol. The number of aliphatic hydroxyl groups excluding tert-OH is 1. The molecule has 0 aromatic carbocycles. The number of aliphatic hydroxyl groups is 1. The Kier molecular flexibility index (Phi) is 27.0. The van der Waals surface area contributed by atoms with E-state index in [0.29, 0.717) is 96.7 Å². The number of thiazole rings is 4. The minimum Gasteiger partial charge on any atom is -0.464 e. The molecule has 1 aliphatic rings. The second-order valence-electron chi connectivity index (χ2n) is 23.8. The molecule has 0 unspecified atom stereocenters. The van der Waals surface area contributed by atoms with Gasteiger partial charge in [0.2, 0.25) is 0 Å². The van der Waals surface area contributed by atoms with E-state index in [1.165, 1.54) is 106 Å². The molecule has 1 saturated heterocycles. The summed E-state index contributed by atoms with van der Waals surface area (Å²) in [5, 5.41) is 50.7. The molecule has 19 heterocycles. The van der Waals surface area contributed by atoms with Crippen molar-refractivity contribution in [1.82, 2.24) is 113 Å². The second-order valence-corrected chi connectivity index (χ2v) is 28.0. The largest absolute Gasteiger partial charge is 0.464 e. The smallest absolute Gasteiger partial charge is 0.358 e. The number of aromatic nitrogens is 23. The average molecular weight is 1720 g/mol. The van der Waals surface area contributed by atoms with Gasteiger partial charge in [0, 0.05) is 107 Å². The van der Waals surface area contributed by atoms with Crippen molar-refractivity contribution in [3.63, 3.8) is 0 Å². The molecule has 18 aromatic heterocycles. The van der Waals surface area contributed by atoms with Gasteiger partial charge in [-0.1, -0.05) is 23.2 Å². The number of hydrogen-bond donors (Lipinski definition) is 6. The number of fused-ring (bicyclic) bond motifs is 5. The fraction of sp³-hybridized carbons (Fsp3) is 0.0933. The molecular weight excluding hydrogens is 1660 g/mol. The number of amides is 4. The normalized spacial score (nSPS) is 11.3. The zero-order chi connectivity index (χ0) is 83.9. The summed E-state index contributed by atoms with van der Waals surface area (Å²) in [7, 11) is 0.280. The van der Waals surface area contributed by atoms with Crippen LogP contribution in [0.15, 0.2) is 211 Å². The first-order valence-corrected chi connectivity index (χ1v) is 38.9. The maximum atomic E-state index is 12.4. The van der Waals surface area contributed by atoms with E-state index >= 15 is 0 Å². The van der Waals surface area contributed by atoms with E-state index < -0.39 is 13.1 Å². The molecule has 0 radical (unpaired) electrons. The number of nitrogens with zero attached hydrogens (tertiary/aromatic N) is 23. The Hall–Kier alpha value is -14.5. The highest BCUT2D eigenvalue weighted by Crippen LogP contribution is 2.28. The van der Waals surface area contributed by atoms with Crippen LogP contribution in [0.25, 0.3) is 70.5 Å². The van der Waals surface area contributed by atoms with E-state index in [1.54, 1.807) is 144 Å². The number of carbonyl (C=O) groups excluding carboxylic acids is 6. The molecule has 0 aliphatic carbocycles. The van der Waals surface area contributed by atoms with Crippen molar-refractivity contribution in [2.45, 2.75) is 19.4 Å². The number of anilines is 5. The van der Waals surface area contributed by atoms with Gasteiger partial charge >= 0.3 is 5.97 Å². The van der Waals surface area contributed by atoms with E-state index in [4.69, 9.17) is 40.1 Å². The van der Waals surface area contributed by atoms with Crippen molar-refractivity contribution >= 4 is 162 Å². The number of imidazole rings is 5. The minimum atomic E-state index is -1.00. The van der Waals surface area contributed by atoms with E-state index in [9.17, 15) is 33.2 Å². The van der Waals surface area contributed by atoms with E-state index in [-0.39, 0.29) is 47.3 Å². The van der Waals surface area contributed by atoms with Crippen molar-refractivity contribution in [3.8, 4) is 42.3 Å². The number of halogens is 3. The van der Waals surface area contributed by atoms with Gasteiger partial charge in [-0.15, -0.1) is 45.3 Å². The van der Waals surface area contributed by atoms with Crippen LogP contribution in [0.5, 0.6) is 0 Å². The van der Waals surface area contributed by atoms with Crippen molar-refractivity contribution in [1.29, 1.82) is 0 Å². The number of nitrogens with one attached hydrogen (secondary N) is 4. The quantitative estimate of drug-likeness (QED) is 0.0410.